The number of pyridine rings is 1. The van der Waals surface area contributed by atoms with Crippen LogP contribution in [-0.4, -0.2) is 27.5 Å². The SMILES string of the molecule is O=C(O)c1c(O)c(Cc2ccc(Cl)cc2)nc2c(OC(F)(F)F)cccc12. The van der Waals surface area contributed by atoms with E-state index in [9.17, 15) is 28.2 Å². The molecular weight excluding hydrogens is 387 g/mol. The quantitative estimate of drug-likeness (QED) is 0.662. The summed E-state index contributed by atoms with van der Waals surface area (Å²) in [6, 6.07) is 9.91. The molecule has 0 saturated heterocycles. The van der Waals surface area contributed by atoms with Crippen molar-refractivity contribution in [2.75, 3.05) is 0 Å². The molecule has 0 spiro atoms. The van der Waals surface area contributed by atoms with Gasteiger partial charge in [0.15, 0.2) is 11.5 Å². The maximum Gasteiger partial charge on any atom is 0.573 e. The summed E-state index contributed by atoms with van der Waals surface area (Å²) in [5.74, 6) is -2.77. The summed E-state index contributed by atoms with van der Waals surface area (Å²) in [4.78, 5) is 15.7. The molecule has 5 nitrogen and oxygen atoms in total. The second-order valence-corrected chi connectivity index (χ2v) is 6.03. The van der Waals surface area contributed by atoms with Gasteiger partial charge in [0.05, 0.1) is 5.69 Å². The molecule has 0 radical (unpaired) electrons. The van der Waals surface area contributed by atoms with Gasteiger partial charge >= 0.3 is 12.3 Å². The largest absolute Gasteiger partial charge is 0.573 e. The number of carboxylic acid groups (broad SMARTS) is 1. The van der Waals surface area contributed by atoms with Crippen molar-refractivity contribution in [1.29, 1.82) is 0 Å². The number of ether oxygens (including phenoxy) is 1. The minimum Gasteiger partial charge on any atom is -0.505 e. The number of rotatable bonds is 4. The zero-order chi connectivity index (χ0) is 19.8. The molecule has 3 aromatic rings. The maximum absolute atomic E-state index is 12.7. The Hall–Kier alpha value is -3.00. The van der Waals surface area contributed by atoms with Crippen LogP contribution in [0, 0.1) is 0 Å². The molecule has 2 N–H and O–H groups in total. The van der Waals surface area contributed by atoms with Crippen LogP contribution in [0.25, 0.3) is 10.9 Å². The molecule has 0 saturated carbocycles. The summed E-state index contributed by atoms with van der Waals surface area (Å²) in [5.41, 5.74) is -0.321. The van der Waals surface area contributed by atoms with E-state index >= 15 is 0 Å². The van der Waals surface area contributed by atoms with E-state index < -0.39 is 29.4 Å². The van der Waals surface area contributed by atoms with Crippen LogP contribution in [0.15, 0.2) is 42.5 Å². The van der Waals surface area contributed by atoms with Gasteiger partial charge in [0, 0.05) is 16.8 Å². The Morgan fingerprint density at radius 2 is 1.81 bits per heavy atom. The molecule has 0 aliphatic rings. The van der Waals surface area contributed by atoms with Gasteiger partial charge < -0.3 is 14.9 Å². The predicted octanol–water partition coefficient (Wildman–Crippen LogP) is 4.78. The van der Waals surface area contributed by atoms with Crippen molar-refractivity contribution in [3.63, 3.8) is 0 Å². The monoisotopic (exact) mass is 397 g/mol. The van der Waals surface area contributed by atoms with Crippen LogP contribution < -0.4 is 4.74 Å². The highest BCUT2D eigenvalue weighted by Crippen LogP contribution is 2.36. The van der Waals surface area contributed by atoms with Crippen LogP contribution in [0.1, 0.15) is 21.6 Å². The lowest BCUT2D eigenvalue weighted by Gasteiger charge is -2.14. The maximum atomic E-state index is 12.7. The second kappa shape index (κ2) is 6.96. The van der Waals surface area contributed by atoms with Crippen molar-refractivity contribution in [1.82, 2.24) is 4.98 Å². The van der Waals surface area contributed by atoms with Crippen molar-refractivity contribution < 1.29 is 32.9 Å². The van der Waals surface area contributed by atoms with E-state index in [0.29, 0.717) is 10.6 Å². The molecule has 0 bridgehead atoms. The molecule has 1 aromatic heterocycles. The number of carbonyl (C=O) groups is 1. The minimum absolute atomic E-state index is 0.0143. The first-order chi connectivity index (χ1) is 12.7. The molecule has 1 heterocycles. The molecule has 0 aliphatic carbocycles. The number of aromatic hydroxyl groups is 1. The molecule has 140 valence electrons. The van der Waals surface area contributed by atoms with E-state index in [1.807, 2.05) is 0 Å². The first-order valence-electron chi connectivity index (χ1n) is 7.54. The number of fused-ring (bicyclic) bond motifs is 1. The normalized spacial score (nSPS) is 11.6. The van der Waals surface area contributed by atoms with E-state index in [2.05, 4.69) is 9.72 Å². The Kier molecular flexibility index (Phi) is 4.84. The van der Waals surface area contributed by atoms with Crippen molar-refractivity contribution in [3.05, 3.63) is 64.3 Å². The zero-order valence-electron chi connectivity index (χ0n) is 13.4. The van der Waals surface area contributed by atoms with Crippen LogP contribution in [0.5, 0.6) is 11.5 Å². The van der Waals surface area contributed by atoms with E-state index in [1.54, 1.807) is 24.3 Å². The van der Waals surface area contributed by atoms with E-state index in [1.165, 1.54) is 12.1 Å². The Morgan fingerprint density at radius 3 is 2.41 bits per heavy atom. The van der Waals surface area contributed by atoms with Gasteiger partial charge in [-0.15, -0.1) is 13.2 Å². The van der Waals surface area contributed by atoms with E-state index in [-0.39, 0.29) is 23.0 Å². The molecule has 3 rings (SSSR count). The topological polar surface area (TPSA) is 79.7 Å². The summed E-state index contributed by atoms with van der Waals surface area (Å²) in [5, 5.41) is 20.1. The predicted molar refractivity (Wildman–Crippen MR) is 91.3 cm³/mol. The molecule has 27 heavy (non-hydrogen) atoms. The van der Waals surface area contributed by atoms with Gasteiger partial charge in [-0.05, 0) is 23.8 Å². The van der Waals surface area contributed by atoms with Crippen LogP contribution in [0.2, 0.25) is 5.02 Å². The van der Waals surface area contributed by atoms with Crippen LogP contribution in [-0.2, 0) is 6.42 Å². The van der Waals surface area contributed by atoms with E-state index in [0.717, 1.165) is 6.07 Å². The molecule has 0 aliphatic heterocycles. The second-order valence-electron chi connectivity index (χ2n) is 5.59. The third-order valence-corrected chi connectivity index (χ3v) is 4.00. The average molecular weight is 398 g/mol. The highest BCUT2D eigenvalue weighted by Gasteiger charge is 2.33. The molecule has 2 aromatic carbocycles. The molecule has 0 unspecified atom stereocenters. The van der Waals surface area contributed by atoms with Crippen LogP contribution in [0.3, 0.4) is 0 Å². The number of benzene rings is 2. The lowest BCUT2D eigenvalue weighted by atomic mass is 10.0. The van der Waals surface area contributed by atoms with Crippen molar-refractivity contribution in [3.8, 4) is 11.5 Å². The number of carboxylic acids is 1. The molecule has 0 amide bonds. The van der Waals surface area contributed by atoms with Crippen LogP contribution >= 0.6 is 11.6 Å². The molecule has 9 heteroatoms. The molecule has 0 atom stereocenters. The summed E-state index contributed by atoms with van der Waals surface area (Å²) in [6.45, 7) is 0. The van der Waals surface area contributed by atoms with Crippen molar-refractivity contribution in [2.24, 2.45) is 0 Å². The van der Waals surface area contributed by atoms with Gasteiger partial charge in [-0.3, -0.25) is 0 Å². The third-order valence-electron chi connectivity index (χ3n) is 3.75. The summed E-state index contributed by atoms with van der Waals surface area (Å²) in [7, 11) is 0. The number of halogens is 4. The summed E-state index contributed by atoms with van der Waals surface area (Å²) in [6.07, 6.45) is -4.99. The average Bonchev–Trinajstić information content (AvgIpc) is 2.56. The number of hydrogen-bond donors (Lipinski definition) is 2. The lowest BCUT2D eigenvalue weighted by molar-refractivity contribution is -0.274. The smallest absolute Gasteiger partial charge is 0.505 e. The van der Waals surface area contributed by atoms with Gasteiger partial charge in [-0.2, -0.15) is 0 Å². The summed E-state index contributed by atoms with van der Waals surface area (Å²) < 4.78 is 41.9. The number of aromatic carboxylic acids is 1. The number of hydrogen-bond acceptors (Lipinski definition) is 4. The zero-order valence-corrected chi connectivity index (χ0v) is 14.2. The highest BCUT2D eigenvalue weighted by atomic mass is 35.5. The Balaban J connectivity index is 2.21. The fourth-order valence-corrected chi connectivity index (χ4v) is 2.77. The number of para-hydroxylation sites is 1. The van der Waals surface area contributed by atoms with Gasteiger partial charge in [0.1, 0.15) is 11.1 Å². The van der Waals surface area contributed by atoms with Gasteiger partial charge in [-0.25, -0.2) is 9.78 Å². The fraction of sp³-hybridized carbons (Fsp3) is 0.111. The van der Waals surface area contributed by atoms with Gasteiger partial charge in [0.25, 0.3) is 0 Å². The first-order valence-corrected chi connectivity index (χ1v) is 7.91. The van der Waals surface area contributed by atoms with Crippen molar-refractivity contribution in [2.45, 2.75) is 12.8 Å². The highest BCUT2D eigenvalue weighted by molar-refractivity contribution is 6.30. The Morgan fingerprint density at radius 1 is 1.15 bits per heavy atom. The Bertz CT molecular complexity index is 1020. The number of nitrogens with zero attached hydrogens (tertiary/aromatic N) is 1. The van der Waals surface area contributed by atoms with E-state index in [4.69, 9.17) is 11.6 Å². The van der Waals surface area contributed by atoms with Gasteiger partial charge in [0.2, 0.25) is 0 Å². The first kappa shape index (κ1) is 18.8. The summed E-state index contributed by atoms with van der Waals surface area (Å²) >= 11 is 5.81. The molecular formula is C18H11ClF3NO4. The minimum atomic E-state index is -4.98. The van der Waals surface area contributed by atoms with Crippen molar-refractivity contribution >= 4 is 28.5 Å². The fourth-order valence-electron chi connectivity index (χ4n) is 2.64. The lowest BCUT2D eigenvalue weighted by Crippen LogP contribution is -2.17. The number of aromatic nitrogens is 1. The third kappa shape index (κ3) is 4.06. The number of alkyl halides is 3. The Labute approximate surface area is 155 Å². The standard InChI is InChI=1S/C18H11ClF3NO4/c19-10-6-4-9(5-7-10)8-12-16(24)14(17(25)26)11-2-1-3-13(15(11)23-12)27-18(20,21)22/h1-7,24H,8H2,(H,25,26). The molecule has 0 fully saturated rings. The van der Waals surface area contributed by atoms with Gasteiger partial charge in [-0.1, -0.05) is 35.9 Å². The van der Waals surface area contributed by atoms with Crippen LogP contribution in [0.4, 0.5) is 13.2 Å².